The topological polar surface area (TPSA) is 34.4 Å². The van der Waals surface area contributed by atoms with Crippen molar-refractivity contribution in [3.05, 3.63) is 66.4 Å². The highest BCUT2D eigenvalue weighted by Gasteiger charge is 2.05. The Balaban J connectivity index is 1.79. The van der Waals surface area contributed by atoms with Crippen molar-refractivity contribution in [2.45, 2.75) is 26.2 Å². The highest BCUT2D eigenvalue weighted by molar-refractivity contribution is 5.81. The van der Waals surface area contributed by atoms with E-state index in [1.807, 2.05) is 42.6 Å². The highest BCUT2D eigenvalue weighted by Crippen LogP contribution is 2.23. The smallest absolute Gasteiger partial charge is 0.121 e. The van der Waals surface area contributed by atoms with Crippen LogP contribution in [0.3, 0.4) is 0 Å². The predicted molar refractivity (Wildman–Crippen MR) is 84.4 cm³/mol. The molecule has 0 unspecified atom stereocenters. The molecule has 3 heteroatoms. The molecule has 0 bridgehead atoms. The zero-order valence-corrected chi connectivity index (χ0v) is 12.1. The van der Waals surface area contributed by atoms with Crippen molar-refractivity contribution in [2.24, 2.45) is 0 Å². The first-order valence-corrected chi connectivity index (χ1v) is 7.16. The summed E-state index contributed by atoms with van der Waals surface area (Å²) < 4.78 is 7.90. The zero-order chi connectivity index (χ0) is 14.7. The maximum absolute atomic E-state index is 9.55. The van der Waals surface area contributed by atoms with Gasteiger partial charge < -0.3 is 14.4 Å². The molecule has 0 amide bonds. The zero-order valence-electron chi connectivity index (χ0n) is 12.1. The van der Waals surface area contributed by atoms with Gasteiger partial charge in [-0.3, -0.25) is 0 Å². The molecule has 0 saturated heterocycles. The van der Waals surface area contributed by atoms with Gasteiger partial charge in [0.25, 0.3) is 0 Å². The second kappa shape index (κ2) is 6.02. The molecule has 1 N–H and O–H groups in total. The van der Waals surface area contributed by atoms with Gasteiger partial charge in [0.2, 0.25) is 0 Å². The molecule has 0 aliphatic rings. The number of nitrogens with zero attached hydrogens (tertiary/aromatic N) is 1. The molecule has 1 aromatic heterocycles. The molecule has 0 fully saturated rings. The van der Waals surface area contributed by atoms with Crippen LogP contribution in [0.15, 0.2) is 60.8 Å². The Labute approximate surface area is 124 Å². The van der Waals surface area contributed by atoms with E-state index in [0.29, 0.717) is 13.2 Å². The maximum Gasteiger partial charge on any atom is 0.121 e. The Morgan fingerprint density at radius 3 is 2.67 bits per heavy atom. The van der Waals surface area contributed by atoms with Gasteiger partial charge in [-0.2, -0.15) is 0 Å². The number of benzene rings is 2. The predicted octanol–water partition coefficient (Wildman–Crippen LogP) is 3.60. The summed E-state index contributed by atoms with van der Waals surface area (Å²) >= 11 is 0. The fourth-order valence-electron chi connectivity index (χ4n) is 2.44. The summed E-state index contributed by atoms with van der Waals surface area (Å²) in [6.07, 6.45) is 1.63. The molecule has 3 aromatic rings. The number of aliphatic hydroxyl groups is 1. The molecule has 0 spiro atoms. The SMILES string of the molecule is C[C@H](O)Cn1ccc2ccc(OCc3ccccc3)cc21. The monoisotopic (exact) mass is 281 g/mol. The number of hydrogen-bond donors (Lipinski definition) is 1. The van der Waals surface area contributed by atoms with Crippen molar-refractivity contribution in [3.8, 4) is 5.75 Å². The molecular weight excluding hydrogens is 262 g/mol. The normalized spacial score (nSPS) is 12.5. The summed E-state index contributed by atoms with van der Waals surface area (Å²) in [5.41, 5.74) is 2.23. The molecule has 0 radical (unpaired) electrons. The molecule has 0 saturated carbocycles. The van der Waals surface area contributed by atoms with Crippen LogP contribution in [0.4, 0.5) is 0 Å². The van der Waals surface area contributed by atoms with Gasteiger partial charge in [-0.15, -0.1) is 0 Å². The summed E-state index contributed by atoms with van der Waals surface area (Å²) in [7, 11) is 0. The molecular formula is C18H19NO2. The number of rotatable bonds is 5. The molecule has 0 aliphatic heterocycles. The Morgan fingerprint density at radius 2 is 1.90 bits per heavy atom. The van der Waals surface area contributed by atoms with Gasteiger partial charge >= 0.3 is 0 Å². The van der Waals surface area contributed by atoms with Crippen molar-refractivity contribution in [1.82, 2.24) is 4.57 Å². The lowest BCUT2D eigenvalue weighted by atomic mass is 10.2. The van der Waals surface area contributed by atoms with E-state index in [1.165, 1.54) is 0 Å². The Morgan fingerprint density at radius 1 is 1.10 bits per heavy atom. The average Bonchev–Trinajstić information content (AvgIpc) is 2.88. The summed E-state index contributed by atoms with van der Waals surface area (Å²) in [6.45, 7) is 2.94. The third kappa shape index (κ3) is 3.26. The van der Waals surface area contributed by atoms with Gasteiger partial charge in [-0.25, -0.2) is 0 Å². The standard InChI is InChI=1S/C18H19NO2/c1-14(20)12-19-10-9-16-7-8-17(11-18(16)19)21-13-15-5-3-2-4-6-15/h2-11,14,20H,12-13H2,1H3/t14-/m0/s1. The molecule has 1 heterocycles. The van der Waals surface area contributed by atoms with Crippen LogP contribution in [0, 0.1) is 0 Å². The molecule has 3 nitrogen and oxygen atoms in total. The van der Waals surface area contributed by atoms with Gasteiger partial charge in [0.05, 0.1) is 11.6 Å². The maximum atomic E-state index is 9.55. The summed E-state index contributed by atoms with van der Waals surface area (Å²) in [5, 5.41) is 10.7. The quantitative estimate of drug-likeness (QED) is 0.775. The van der Waals surface area contributed by atoms with E-state index >= 15 is 0 Å². The van der Waals surface area contributed by atoms with Crippen molar-refractivity contribution in [1.29, 1.82) is 0 Å². The van der Waals surface area contributed by atoms with E-state index < -0.39 is 0 Å². The number of fused-ring (bicyclic) bond motifs is 1. The first-order chi connectivity index (χ1) is 10.2. The minimum Gasteiger partial charge on any atom is -0.489 e. The fraction of sp³-hybridized carbons (Fsp3) is 0.222. The highest BCUT2D eigenvalue weighted by atomic mass is 16.5. The van der Waals surface area contributed by atoms with Gasteiger partial charge in [-0.1, -0.05) is 30.3 Å². The lowest BCUT2D eigenvalue weighted by Gasteiger charge is -2.10. The molecule has 3 rings (SSSR count). The van der Waals surface area contributed by atoms with Gasteiger partial charge in [0.15, 0.2) is 0 Å². The van der Waals surface area contributed by atoms with Crippen LogP contribution in [0.2, 0.25) is 0 Å². The Hall–Kier alpha value is -2.26. The van der Waals surface area contributed by atoms with Gasteiger partial charge in [0, 0.05) is 18.8 Å². The number of ether oxygens (including phenoxy) is 1. The summed E-state index contributed by atoms with van der Waals surface area (Å²) in [6, 6.07) is 18.2. The molecule has 108 valence electrons. The average molecular weight is 281 g/mol. The van der Waals surface area contributed by atoms with Crippen molar-refractivity contribution in [2.75, 3.05) is 0 Å². The second-order valence-corrected chi connectivity index (χ2v) is 5.31. The van der Waals surface area contributed by atoms with Crippen LogP contribution >= 0.6 is 0 Å². The molecule has 21 heavy (non-hydrogen) atoms. The third-order valence-electron chi connectivity index (χ3n) is 3.45. The van der Waals surface area contributed by atoms with E-state index in [-0.39, 0.29) is 6.10 Å². The first kappa shape index (κ1) is 13.7. The van der Waals surface area contributed by atoms with E-state index in [1.54, 1.807) is 6.92 Å². The van der Waals surface area contributed by atoms with Crippen LogP contribution in [-0.4, -0.2) is 15.8 Å². The largest absolute Gasteiger partial charge is 0.489 e. The van der Waals surface area contributed by atoms with Crippen LogP contribution in [-0.2, 0) is 13.2 Å². The molecule has 0 aliphatic carbocycles. The van der Waals surface area contributed by atoms with Crippen LogP contribution in [0.25, 0.3) is 10.9 Å². The fourth-order valence-corrected chi connectivity index (χ4v) is 2.44. The molecule has 1 atom stereocenters. The van der Waals surface area contributed by atoms with E-state index in [0.717, 1.165) is 22.2 Å². The Kier molecular flexibility index (Phi) is 3.93. The minimum absolute atomic E-state index is 0.366. The summed E-state index contributed by atoms with van der Waals surface area (Å²) in [5.74, 6) is 0.844. The number of aliphatic hydroxyl groups excluding tert-OH is 1. The number of aromatic nitrogens is 1. The molecule has 2 aromatic carbocycles. The van der Waals surface area contributed by atoms with Crippen molar-refractivity contribution < 1.29 is 9.84 Å². The summed E-state index contributed by atoms with van der Waals surface area (Å²) in [4.78, 5) is 0. The second-order valence-electron chi connectivity index (χ2n) is 5.31. The van der Waals surface area contributed by atoms with E-state index in [9.17, 15) is 5.11 Å². The van der Waals surface area contributed by atoms with Gasteiger partial charge in [-0.05, 0) is 36.1 Å². The van der Waals surface area contributed by atoms with Crippen LogP contribution < -0.4 is 4.74 Å². The number of hydrogen-bond acceptors (Lipinski definition) is 2. The van der Waals surface area contributed by atoms with E-state index in [4.69, 9.17) is 4.74 Å². The van der Waals surface area contributed by atoms with Crippen LogP contribution in [0.5, 0.6) is 5.75 Å². The van der Waals surface area contributed by atoms with Crippen molar-refractivity contribution in [3.63, 3.8) is 0 Å². The Bertz CT molecular complexity index is 716. The van der Waals surface area contributed by atoms with Crippen molar-refractivity contribution >= 4 is 10.9 Å². The lowest BCUT2D eigenvalue weighted by Crippen LogP contribution is -2.10. The minimum atomic E-state index is -0.366. The van der Waals surface area contributed by atoms with Gasteiger partial charge in [0.1, 0.15) is 12.4 Å². The van der Waals surface area contributed by atoms with Crippen LogP contribution in [0.1, 0.15) is 12.5 Å². The lowest BCUT2D eigenvalue weighted by molar-refractivity contribution is 0.175. The third-order valence-corrected chi connectivity index (χ3v) is 3.45. The van der Waals surface area contributed by atoms with E-state index in [2.05, 4.69) is 22.8 Å². The first-order valence-electron chi connectivity index (χ1n) is 7.16.